The summed E-state index contributed by atoms with van der Waals surface area (Å²) in [5.41, 5.74) is 2.17. The first-order valence-corrected chi connectivity index (χ1v) is 12.6. The van der Waals surface area contributed by atoms with Gasteiger partial charge in [-0.3, -0.25) is 9.52 Å². The second-order valence-electron chi connectivity index (χ2n) is 7.94. The Hall–Kier alpha value is -3.03. The van der Waals surface area contributed by atoms with Gasteiger partial charge in [-0.2, -0.15) is 0 Å². The molecule has 1 aliphatic rings. The van der Waals surface area contributed by atoms with Crippen molar-refractivity contribution in [1.29, 1.82) is 0 Å². The van der Waals surface area contributed by atoms with Crippen LogP contribution in [0.1, 0.15) is 37.4 Å². The minimum atomic E-state index is -3.79. The van der Waals surface area contributed by atoms with E-state index in [1.165, 1.54) is 24.3 Å². The molecule has 1 heterocycles. The molecular formula is C25H25ClN2O4S. The molecule has 0 aromatic heterocycles. The Balaban J connectivity index is 1.66. The minimum absolute atomic E-state index is 0.106. The van der Waals surface area contributed by atoms with Gasteiger partial charge in [-0.1, -0.05) is 48.9 Å². The van der Waals surface area contributed by atoms with Crippen molar-refractivity contribution in [1.82, 2.24) is 4.90 Å². The van der Waals surface area contributed by atoms with E-state index in [1.54, 1.807) is 25.1 Å². The average Bonchev–Trinajstić information content (AvgIpc) is 2.92. The number of carbonyl (C=O) groups is 1. The van der Waals surface area contributed by atoms with Crippen LogP contribution >= 0.6 is 11.6 Å². The van der Waals surface area contributed by atoms with Gasteiger partial charge < -0.3 is 9.64 Å². The molecule has 4 rings (SSSR count). The second kappa shape index (κ2) is 9.45. The van der Waals surface area contributed by atoms with Crippen LogP contribution in [0.3, 0.4) is 0 Å². The van der Waals surface area contributed by atoms with Gasteiger partial charge >= 0.3 is 0 Å². The number of benzene rings is 3. The molecule has 6 nitrogen and oxygen atoms in total. The van der Waals surface area contributed by atoms with Crippen LogP contribution in [-0.4, -0.2) is 25.3 Å². The Morgan fingerprint density at radius 3 is 2.45 bits per heavy atom. The van der Waals surface area contributed by atoms with E-state index in [0.717, 1.165) is 17.5 Å². The Bertz CT molecular complexity index is 1250. The molecule has 0 spiro atoms. The summed E-state index contributed by atoms with van der Waals surface area (Å²) < 4.78 is 34.2. The second-order valence-corrected chi connectivity index (χ2v) is 10.1. The van der Waals surface area contributed by atoms with Gasteiger partial charge in [-0.05, 0) is 61.4 Å². The highest BCUT2D eigenvalue weighted by Gasteiger charge is 2.33. The van der Waals surface area contributed by atoms with Crippen LogP contribution in [0.15, 0.2) is 77.7 Å². The molecule has 172 valence electrons. The fourth-order valence-electron chi connectivity index (χ4n) is 4.02. The van der Waals surface area contributed by atoms with E-state index in [9.17, 15) is 13.2 Å². The standard InChI is InChI=1S/C25H25ClN2O4S/c1-3-23(18-7-5-4-6-8-18)28-16-19-15-21(11-14-24(19)32-17(2)25(28)29)27-33(30,31)22-12-9-20(26)10-13-22/h4-15,17,23,27H,3,16H2,1-2H3/t17-,23+/m1/s1. The van der Waals surface area contributed by atoms with Crippen LogP contribution in [0.4, 0.5) is 5.69 Å². The number of nitrogens with one attached hydrogen (secondary N) is 1. The molecule has 0 fully saturated rings. The highest BCUT2D eigenvalue weighted by Crippen LogP contribution is 2.34. The lowest BCUT2D eigenvalue weighted by Gasteiger charge is -2.31. The maximum absolute atomic E-state index is 13.2. The third kappa shape index (κ3) is 4.99. The average molecular weight is 485 g/mol. The molecule has 1 amide bonds. The summed E-state index contributed by atoms with van der Waals surface area (Å²) >= 11 is 5.87. The van der Waals surface area contributed by atoms with Gasteiger partial charge in [-0.25, -0.2) is 8.42 Å². The molecule has 0 bridgehead atoms. The van der Waals surface area contributed by atoms with E-state index in [-0.39, 0.29) is 16.8 Å². The molecule has 8 heteroatoms. The Morgan fingerprint density at radius 2 is 1.79 bits per heavy atom. The number of amides is 1. The number of sulfonamides is 1. The van der Waals surface area contributed by atoms with Crippen LogP contribution in [-0.2, 0) is 21.4 Å². The summed E-state index contributed by atoms with van der Waals surface area (Å²) in [6.45, 7) is 4.08. The first-order chi connectivity index (χ1) is 15.8. The van der Waals surface area contributed by atoms with Crippen LogP contribution < -0.4 is 9.46 Å². The van der Waals surface area contributed by atoms with Crippen molar-refractivity contribution in [2.75, 3.05) is 4.72 Å². The molecular weight excluding hydrogens is 460 g/mol. The smallest absolute Gasteiger partial charge is 0.264 e. The minimum Gasteiger partial charge on any atom is -0.481 e. The van der Waals surface area contributed by atoms with E-state index >= 15 is 0 Å². The summed E-state index contributed by atoms with van der Waals surface area (Å²) in [6, 6.07) is 20.8. The molecule has 0 saturated carbocycles. The summed E-state index contributed by atoms with van der Waals surface area (Å²) in [6.07, 6.45) is 0.0846. The highest BCUT2D eigenvalue weighted by molar-refractivity contribution is 7.92. The van der Waals surface area contributed by atoms with Crippen LogP contribution in [0.2, 0.25) is 5.02 Å². The quantitative estimate of drug-likeness (QED) is 0.508. The topological polar surface area (TPSA) is 75.7 Å². The fourth-order valence-corrected chi connectivity index (χ4v) is 5.20. The Kier molecular flexibility index (Phi) is 6.63. The van der Waals surface area contributed by atoms with E-state index in [0.29, 0.717) is 23.0 Å². The zero-order valence-electron chi connectivity index (χ0n) is 18.4. The van der Waals surface area contributed by atoms with Crippen molar-refractivity contribution in [3.8, 4) is 5.75 Å². The van der Waals surface area contributed by atoms with Gasteiger partial charge in [0.1, 0.15) is 5.75 Å². The number of nitrogens with zero attached hydrogens (tertiary/aromatic N) is 1. The van der Waals surface area contributed by atoms with E-state index in [2.05, 4.69) is 4.72 Å². The number of halogens is 1. The van der Waals surface area contributed by atoms with Gasteiger partial charge in [0.2, 0.25) is 0 Å². The molecule has 0 saturated heterocycles. The number of carbonyl (C=O) groups excluding carboxylic acids is 1. The van der Waals surface area contributed by atoms with E-state index in [4.69, 9.17) is 16.3 Å². The van der Waals surface area contributed by atoms with E-state index in [1.807, 2.05) is 42.2 Å². The third-order valence-electron chi connectivity index (χ3n) is 5.66. The van der Waals surface area contributed by atoms with Gasteiger partial charge in [0.15, 0.2) is 6.10 Å². The normalized spacial score (nSPS) is 17.0. The van der Waals surface area contributed by atoms with Gasteiger partial charge in [-0.15, -0.1) is 0 Å². The molecule has 3 aromatic rings. The van der Waals surface area contributed by atoms with Crippen molar-refractivity contribution in [2.45, 2.75) is 43.9 Å². The highest BCUT2D eigenvalue weighted by atomic mass is 35.5. The molecule has 3 aromatic carbocycles. The van der Waals surface area contributed by atoms with Crippen molar-refractivity contribution < 1.29 is 17.9 Å². The number of rotatable bonds is 6. The number of fused-ring (bicyclic) bond motifs is 1. The lowest BCUT2D eigenvalue weighted by molar-refractivity contribution is -0.140. The van der Waals surface area contributed by atoms with Crippen LogP contribution in [0, 0.1) is 0 Å². The monoisotopic (exact) mass is 484 g/mol. The Morgan fingerprint density at radius 1 is 1.09 bits per heavy atom. The molecule has 33 heavy (non-hydrogen) atoms. The fraction of sp³-hybridized carbons (Fsp3) is 0.240. The summed E-state index contributed by atoms with van der Waals surface area (Å²) in [5, 5.41) is 0.457. The zero-order chi connectivity index (χ0) is 23.6. The maximum Gasteiger partial charge on any atom is 0.264 e. The summed E-state index contributed by atoms with van der Waals surface area (Å²) in [7, 11) is -3.79. The first kappa shape index (κ1) is 23.1. The third-order valence-corrected chi connectivity index (χ3v) is 7.31. The predicted octanol–water partition coefficient (Wildman–Crippen LogP) is 5.40. The molecule has 0 radical (unpaired) electrons. The van der Waals surface area contributed by atoms with Crippen molar-refractivity contribution in [2.24, 2.45) is 0 Å². The predicted molar refractivity (Wildman–Crippen MR) is 129 cm³/mol. The van der Waals surface area contributed by atoms with Gasteiger partial charge in [0.05, 0.1) is 17.5 Å². The first-order valence-electron chi connectivity index (χ1n) is 10.7. The number of ether oxygens (including phenoxy) is 1. The number of hydrogen-bond acceptors (Lipinski definition) is 4. The number of anilines is 1. The molecule has 1 aliphatic heterocycles. The molecule has 2 atom stereocenters. The summed E-state index contributed by atoms with van der Waals surface area (Å²) in [4.78, 5) is 15.1. The maximum atomic E-state index is 13.2. The SMILES string of the molecule is CC[C@@H](c1ccccc1)N1Cc2cc(NS(=O)(=O)c3ccc(Cl)cc3)ccc2O[C@H](C)C1=O. The zero-order valence-corrected chi connectivity index (χ0v) is 19.9. The van der Waals surface area contributed by atoms with Crippen LogP contribution in [0.25, 0.3) is 0 Å². The molecule has 0 aliphatic carbocycles. The van der Waals surface area contributed by atoms with Crippen molar-refractivity contribution in [3.63, 3.8) is 0 Å². The largest absolute Gasteiger partial charge is 0.481 e. The lowest BCUT2D eigenvalue weighted by Crippen LogP contribution is -2.40. The lowest BCUT2D eigenvalue weighted by atomic mass is 10.0. The Labute approximate surface area is 199 Å². The molecule has 0 unspecified atom stereocenters. The van der Waals surface area contributed by atoms with Crippen molar-refractivity contribution in [3.05, 3.63) is 88.9 Å². The summed E-state index contributed by atoms with van der Waals surface area (Å²) in [5.74, 6) is 0.459. The van der Waals surface area contributed by atoms with Crippen molar-refractivity contribution >= 4 is 33.2 Å². The molecule has 1 N–H and O–H groups in total. The number of hydrogen-bond donors (Lipinski definition) is 1. The van der Waals surface area contributed by atoms with Gasteiger partial charge in [0.25, 0.3) is 15.9 Å². The van der Waals surface area contributed by atoms with Crippen LogP contribution in [0.5, 0.6) is 5.75 Å². The van der Waals surface area contributed by atoms with Gasteiger partial charge in [0, 0.05) is 16.3 Å². The van der Waals surface area contributed by atoms with E-state index < -0.39 is 16.1 Å².